The van der Waals surface area contributed by atoms with E-state index in [1.165, 1.54) is 7.11 Å². The monoisotopic (exact) mass is 888 g/mol. The summed E-state index contributed by atoms with van der Waals surface area (Å²) in [4.78, 5) is 34.3. The highest BCUT2D eigenvalue weighted by molar-refractivity contribution is 7.92. The predicted octanol–water partition coefficient (Wildman–Crippen LogP) is 8.64. The average Bonchev–Trinajstić information content (AvgIpc) is 3.19. The smallest absolute Gasteiger partial charge is 0.323 e. The molecule has 0 saturated carbocycles. The van der Waals surface area contributed by atoms with Crippen molar-refractivity contribution in [1.29, 1.82) is 0 Å². The van der Waals surface area contributed by atoms with Crippen LogP contribution in [-0.4, -0.2) is 89.5 Å². The maximum atomic E-state index is 13.5. The lowest BCUT2D eigenvalue weighted by Gasteiger charge is -2.24. The van der Waals surface area contributed by atoms with E-state index in [0.717, 1.165) is 11.8 Å². The SMILES string of the molecule is COc1cc(Nc2nccc(Oc3ccc(NC(=O)Nc4cc(C(C)(C)C)cc(NS(C)(=O)=O)c4OC)c4ccccc34)n2)cc(OCCOCCOCCC(=O)OC(C)(C)C)c1. The maximum absolute atomic E-state index is 13.5. The van der Waals surface area contributed by atoms with E-state index in [2.05, 4.69) is 30.6 Å². The van der Waals surface area contributed by atoms with Gasteiger partial charge in [0.2, 0.25) is 21.9 Å². The Kier molecular flexibility index (Phi) is 16.0. The summed E-state index contributed by atoms with van der Waals surface area (Å²) in [6, 6.07) is 20.6. The number of esters is 1. The first kappa shape index (κ1) is 47.7. The van der Waals surface area contributed by atoms with Crippen molar-refractivity contribution in [3.63, 3.8) is 0 Å². The zero-order valence-electron chi connectivity index (χ0n) is 37.0. The highest BCUT2D eigenvalue weighted by Gasteiger charge is 2.23. The Balaban J connectivity index is 1.21. The van der Waals surface area contributed by atoms with E-state index in [1.807, 2.05) is 65.8 Å². The van der Waals surface area contributed by atoms with Crippen molar-refractivity contribution >= 4 is 61.5 Å². The van der Waals surface area contributed by atoms with Gasteiger partial charge in [-0.25, -0.2) is 18.2 Å². The van der Waals surface area contributed by atoms with Crippen molar-refractivity contribution in [2.75, 3.05) is 74.2 Å². The quantitative estimate of drug-likeness (QED) is 0.0426. The molecule has 0 radical (unpaired) electrons. The summed E-state index contributed by atoms with van der Waals surface area (Å²) in [5, 5.41) is 10.3. The fourth-order valence-corrected chi connectivity index (χ4v) is 6.58. The fourth-order valence-electron chi connectivity index (χ4n) is 6.03. The van der Waals surface area contributed by atoms with Crippen LogP contribution >= 0.6 is 0 Å². The minimum Gasteiger partial charge on any atom is -0.497 e. The molecular formula is C45H56N6O11S. The van der Waals surface area contributed by atoms with E-state index >= 15 is 0 Å². The number of fused-ring (bicyclic) bond motifs is 1. The van der Waals surface area contributed by atoms with Crippen molar-refractivity contribution < 1.29 is 51.2 Å². The maximum Gasteiger partial charge on any atom is 0.323 e. The molecule has 0 aliphatic rings. The van der Waals surface area contributed by atoms with E-state index in [4.69, 9.17) is 33.2 Å². The molecule has 0 atom stereocenters. The Hall–Kier alpha value is -6.37. The minimum atomic E-state index is -3.65. The number of carbonyl (C=O) groups excluding carboxylic acids is 2. The van der Waals surface area contributed by atoms with Crippen molar-refractivity contribution in [2.45, 2.75) is 59.0 Å². The number of anilines is 5. The number of methoxy groups -OCH3 is 2. The Morgan fingerprint density at radius 3 is 2.08 bits per heavy atom. The lowest BCUT2D eigenvalue weighted by Crippen LogP contribution is -2.24. The molecule has 0 aliphatic carbocycles. The molecule has 0 bridgehead atoms. The van der Waals surface area contributed by atoms with E-state index < -0.39 is 21.7 Å². The highest BCUT2D eigenvalue weighted by Crippen LogP contribution is 2.40. The summed E-state index contributed by atoms with van der Waals surface area (Å²) in [6.07, 6.45) is 2.78. The molecule has 0 spiro atoms. The predicted molar refractivity (Wildman–Crippen MR) is 243 cm³/mol. The van der Waals surface area contributed by atoms with Gasteiger partial charge in [0, 0.05) is 46.9 Å². The second kappa shape index (κ2) is 21.1. The van der Waals surface area contributed by atoms with Crippen LogP contribution in [0.4, 0.5) is 33.5 Å². The number of hydrogen-bond acceptors (Lipinski definition) is 14. The van der Waals surface area contributed by atoms with Crippen molar-refractivity contribution in [3.8, 4) is 28.9 Å². The number of hydrogen-bond donors (Lipinski definition) is 4. The Labute approximate surface area is 368 Å². The number of amides is 2. The van der Waals surface area contributed by atoms with Crippen LogP contribution in [0.3, 0.4) is 0 Å². The van der Waals surface area contributed by atoms with E-state index in [0.29, 0.717) is 59.2 Å². The Bertz CT molecular complexity index is 2490. The summed E-state index contributed by atoms with van der Waals surface area (Å²) in [7, 11) is -0.703. The molecule has 1 heterocycles. The summed E-state index contributed by atoms with van der Waals surface area (Å²) in [5.41, 5.74) is 1.44. The third kappa shape index (κ3) is 14.9. The normalized spacial score (nSPS) is 11.7. The van der Waals surface area contributed by atoms with E-state index in [1.54, 1.807) is 61.8 Å². The van der Waals surface area contributed by atoms with Crippen LogP contribution < -0.4 is 39.6 Å². The van der Waals surface area contributed by atoms with Gasteiger partial charge in [-0.3, -0.25) is 9.52 Å². The molecule has 4 N–H and O–H groups in total. The number of nitrogens with one attached hydrogen (secondary N) is 4. The topological polar surface area (TPSA) is 207 Å². The highest BCUT2D eigenvalue weighted by atomic mass is 32.2. The van der Waals surface area contributed by atoms with Gasteiger partial charge in [0.15, 0.2) is 5.75 Å². The molecule has 2 amide bonds. The van der Waals surface area contributed by atoms with Gasteiger partial charge in [0.05, 0.1) is 70.4 Å². The molecule has 5 rings (SSSR count). The zero-order valence-corrected chi connectivity index (χ0v) is 37.9. The molecule has 17 nitrogen and oxygen atoms in total. The van der Waals surface area contributed by atoms with E-state index in [-0.39, 0.29) is 60.0 Å². The first-order valence-electron chi connectivity index (χ1n) is 20.1. The van der Waals surface area contributed by atoms with Gasteiger partial charge in [-0.2, -0.15) is 4.98 Å². The van der Waals surface area contributed by atoms with E-state index in [9.17, 15) is 18.0 Å². The second-order valence-electron chi connectivity index (χ2n) is 16.2. The second-order valence-corrected chi connectivity index (χ2v) is 18.0. The van der Waals surface area contributed by atoms with Gasteiger partial charge in [-0.1, -0.05) is 45.0 Å². The molecule has 18 heteroatoms. The van der Waals surface area contributed by atoms with Gasteiger partial charge < -0.3 is 49.1 Å². The molecule has 5 aromatic rings. The van der Waals surface area contributed by atoms with Crippen molar-refractivity contribution in [1.82, 2.24) is 9.97 Å². The number of urea groups is 1. The van der Waals surface area contributed by atoms with Crippen LogP contribution in [0.2, 0.25) is 0 Å². The summed E-state index contributed by atoms with van der Waals surface area (Å²) < 4.78 is 66.4. The number of nitrogens with zero attached hydrogens (tertiary/aromatic N) is 2. The van der Waals surface area contributed by atoms with Crippen molar-refractivity contribution in [2.24, 2.45) is 0 Å². The molecule has 63 heavy (non-hydrogen) atoms. The van der Waals surface area contributed by atoms with Crippen LogP contribution in [0.1, 0.15) is 53.5 Å². The molecule has 0 fully saturated rings. The minimum absolute atomic E-state index is 0.158. The first-order chi connectivity index (χ1) is 29.8. The summed E-state index contributed by atoms with van der Waals surface area (Å²) in [5.74, 6) is 1.91. The molecular weight excluding hydrogens is 833 g/mol. The third-order valence-electron chi connectivity index (χ3n) is 8.79. The standard InChI is InChI=1S/C45H56N6O11S/c1-44(2,3)29-24-36(41(57-8)37(25-29)51-63(9,54)55)49-43(53)48-35-14-15-38(34-13-11-10-12-33(34)35)61-39-16-18-46-42(50-39)47-30-26-31(56-7)28-32(27-30)60-23-22-59-21-20-58-19-17-40(52)62-45(4,5)6/h10-16,18,24-28,51H,17,19-23H2,1-9H3,(H,46,47,50)(H2,48,49,53). The van der Waals surface area contributed by atoms with Crippen LogP contribution in [0, 0.1) is 0 Å². The van der Waals surface area contributed by atoms with Crippen LogP contribution in [0.25, 0.3) is 10.8 Å². The molecule has 0 aliphatic heterocycles. The number of ether oxygens (including phenoxy) is 7. The van der Waals surface area contributed by atoms with Gasteiger partial charge >= 0.3 is 12.0 Å². The number of sulfonamides is 1. The summed E-state index contributed by atoms with van der Waals surface area (Å²) >= 11 is 0. The van der Waals surface area contributed by atoms with Gasteiger partial charge in [0.1, 0.15) is 29.5 Å². The Morgan fingerprint density at radius 1 is 0.730 bits per heavy atom. The van der Waals surface area contributed by atoms with Crippen molar-refractivity contribution in [3.05, 3.63) is 84.6 Å². The van der Waals surface area contributed by atoms with Crippen LogP contribution in [-0.2, 0) is 34.4 Å². The third-order valence-corrected chi connectivity index (χ3v) is 9.38. The lowest BCUT2D eigenvalue weighted by molar-refractivity contribution is -0.156. The Morgan fingerprint density at radius 2 is 1.40 bits per heavy atom. The summed E-state index contributed by atoms with van der Waals surface area (Å²) in [6.45, 7) is 12.9. The van der Waals surface area contributed by atoms with Crippen LogP contribution in [0.5, 0.6) is 28.9 Å². The fraction of sp³-hybridized carbons (Fsp3) is 0.378. The lowest BCUT2D eigenvalue weighted by atomic mass is 9.86. The molecule has 338 valence electrons. The molecule has 1 aromatic heterocycles. The molecule has 0 unspecified atom stereocenters. The van der Waals surface area contributed by atoms with Crippen LogP contribution in [0.15, 0.2) is 79.0 Å². The number of benzene rings is 4. The average molecular weight is 889 g/mol. The number of rotatable bonds is 20. The molecule has 4 aromatic carbocycles. The van der Waals surface area contributed by atoms with Gasteiger partial charge in [-0.15, -0.1) is 0 Å². The van der Waals surface area contributed by atoms with Gasteiger partial charge in [-0.05, 0) is 56.0 Å². The number of carbonyl (C=O) groups is 2. The largest absolute Gasteiger partial charge is 0.497 e. The zero-order chi connectivity index (χ0) is 45.8. The first-order valence-corrected chi connectivity index (χ1v) is 22.0. The number of aromatic nitrogens is 2. The molecule has 0 saturated heterocycles. The van der Waals surface area contributed by atoms with Gasteiger partial charge in [0.25, 0.3) is 0 Å².